The number of benzene rings is 1. The van der Waals surface area contributed by atoms with E-state index in [4.69, 9.17) is 23.2 Å². The molecule has 1 N–H and O–H groups in total. The van der Waals surface area contributed by atoms with E-state index in [1.54, 1.807) is 0 Å². The molecule has 0 atom stereocenters. The molecule has 2 heterocycles. The summed E-state index contributed by atoms with van der Waals surface area (Å²) in [6, 6.07) is 9.78. The van der Waals surface area contributed by atoms with Gasteiger partial charge < -0.3 is 0 Å². The Kier molecular flexibility index (Phi) is 5.32. The second kappa shape index (κ2) is 7.35. The first-order valence-electron chi connectivity index (χ1n) is 7.93. The molecule has 3 aromatic rings. The third-order valence-electron chi connectivity index (χ3n) is 3.83. The number of carbonyl (C=O) groups excluding carboxylic acids is 1. The predicted octanol–water partition coefficient (Wildman–Crippen LogP) is 6.06. The number of anilines is 1. The van der Waals surface area contributed by atoms with Gasteiger partial charge in [0.2, 0.25) is 0 Å². The zero-order valence-electron chi connectivity index (χ0n) is 14.5. The number of carbonyl (C=O) groups is 1. The van der Waals surface area contributed by atoms with Crippen LogP contribution in [0, 0.1) is 0 Å². The fourth-order valence-electron chi connectivity index (χ4n) is 2.32. The van der Waals surface area contributed by atoms with Crippen LogP contribution in [0.1, 0.15) is 36.7 Å². The van der Waals surface area contributed by atoms with Crippen LogP contribution in [0.15, 0.2) is 41.9 Å². The van der Waals surface area contributed by atoms with Crippen LogP contribution in [0.3, 0.4) is 0 Å². The van der Waals surface area contributed by atoms with E-state index >= 15 is 0 Å². The standard InChI is InChI=1S/C19H17Cl2N3OS/c1-19(2,3)13-6-4-11(5-7-13)15-10-26-18(23-15)24-17(25)12-8-14(20)16(21)22-9-12/h4-10H,1-3H3,(H,23,24,25). The summed E-state index contributed by atoms with van der Waals surface area (Å²) in [5, 5.41) is 5.58. The van der Waals surface area contributed by atoms with Gasteiger partial charge in [0.15, 0.2) is 5.13 Å². The minimum atomic E-state index is -0.333. The van der Waals surface area contributed by atoms with Gasteiger partial charge in [0.1, 0.15) is 5.15 Å². The summed E-state index contributed by atoms with van der Waals surface area (Å²) in [6.07, 6.45) is 1.38. The van der Waals surface area contributed by atoms with Crippen molar-refractivity contribution >= 4 is 45.6 Å². The van der Waals surface area contributed by atoms with Gasteiger partial charge in [-0.3, -0.25) is 10.1 Å². The predicted molar refractivity (Wildman–Crippen MR) is 108 cm³/mol. The number of pyridine rings is 1. The highest BCUT2D eigenvalue weighted by molar-refractivity contribution is 7.14. The maximum atomic E-state index is 12.3. The van der Waals surface area contributed by atoms with Crippen LogP contribution in [0.5, 0.6) is 0 Å². The van der Waals surface area contributed by atoms with Crippen LogP contribution in [0.4, 0.5) is 5.13 Å². The van der Waals surface area contributed by atoms with Gasteiger partial charge in [-0.05, 0) is 17.0 Å². The largest absolute Gasteiger partial charge is 0.298 e. The van der Waals surface area contributed by atoms with E-state index in [-0.39, 0.29) is 21.5 Å². The van der Waals surface area contributed by atoms with E-state index in [2.05, 4.69) is 48.2 Å². The number of nitrogens with zero attached hydrogens (tertiary/aromatic N) is 2. The number of thiazole rings is 1. The number of hydrogen-bond donors (Lipinski definition) is 1. The van der Waals surface area contributed by atoms with Gasteiger partial charge in [0.05, 0.1) is 16.3 Å². The molecule has 0 saturated heterocycles. The molecule has 0 aliphatic carbocycles. The normalized spacial score (nSPS) is 11.4. The molecule has 134 valence electrons. The third-order valence-corrected chi connectivity index (χ3v) is 5.27. The monoisotopic (exact) mass is 405 g/mol. The Morgan fingerprint density at radius 3 is 2.46 bits per heavy atom. The summed E-state index contributed by atoms with van der Waals surface area (Å²) < 4.78 is 0. The Hall–Kier alpha value is -1.95. The molecule has 7 heteroatoms. The first kappa shape index (κ1) is 18.8. The topological polar surface area (TPSA) is 54.9 Å². The number of nitrogens with one attached hydrogen (secondary N) is 1. The van der Waals surface area contributed by atoms with Crippen LogP contribution in [0.2, 0.25) is 10.2 Å². The van der Waals surface area contributed by atoms with E-state index in [0.717, 1.165) is 11.3 Å². The molecule has 4 nitrogen and oxygen atoms in total. The quantitative estimate of drug-likeness (QED) is 0.538. The molecular weight excluding hydrogens is 389 g/mol. The van der Waals surface area contributed by atoms with E-state index in [0.29, 0.717) is 10.7 Å². The molecule has 0 aliphatic heterocycles. The number of halogens is 2. The second-order valence-electron chi connectivity index (χ2n) is 6.82. The van der Waals surface area contributed by atoms with E-state index in [1.807, 2.05) is 17.5 Å². The van der Waals surface area contributed by atoms with Crippen LogP contribution >= 0.6 is 34.5 Å². The summed E-state index contributed by atoms with van der Waals surface area (Å²) in [7, 11) is 0. The average Bonchev–Trinajstić information content (AvgIpc) is 3.05. The molecule has 0 fully saturated rings. The highest BCUT2D eigenvalue weighted by atomic mass is 35.5. The maximum absolute atomic E-state index is 12.3. The zero-order chi connectivity index (χ0) is 18.9. The van der Waals surface area contributed by atoms with Gasteiger partial charge in [-0.1, -0.05) is 68.2 Å². The maximum Gasteiger partial charge on any atom is 0.259 e. The number of aromatic nitrogens is 2. The van der Waals surface area contributed by atoms with Gasteiger partial charge >= 0.3 is 0 Å². The fourth-order valence-corrected chi connectivity index (χ4v) is 3.30. The molecule has 0 saturated carbocycles. The number of amides is 1. The van der Waals surface area contributed by atoms with Crippen molar-refractivity contribution in [2.45, 2.75) is 26.2 Å². The van der Waals surface area contributed by atoms with Crippen molar-refractivity contribution in [3.8, 4) is 11.3 Å². The van der Waals surface area contributed by atoms with Crippen molar-refractivity contribution in [1.29, 1.82) is 0 Å². The summed E-state index contributed by atoms with van der Waals surface area (Å²) in [6.45, 7) is 6.53. The average molecular weight is 406 g/mol. The van der Waals surface area contributed by atoms with E-state index in [9.17, 15) is 4.79 Å². The highest BCUT2D eigenvalue weighted by Crippen LogP contribution is 2.28. The van der Waals surface area contributed by atoms with Crippen molar-refractivity contribution < 1.29 is 4.79 Å². The van der Waals surface area contributed by atoms with Gasteiger partial charge in [-0.25, -0.2) is 9.97 Å². The smallest absolute Gasteiger partial charge is 0.259 e. The molecule has 0 aliphatic rings. The summed E-state index contributed by atoms with van der Waals surface area (Å²) >= 11 is 13.0. The fraction of sp³-hybridized carbons (Fsp3) is 0.211. The number of hydrogen-bond acceptors (Lipinski definition) is 4. The van der Waals surface area contributed by atoms with Crippen molar-refractivity contribution in [2.75, 3.05) is 5.32 Å². The molecular formula is C19H17Cl2N3OS. The van der Waals surface area contributed by atoms with Gasteiger partial charge in [-0.15, -0.1) is 11.3 Å². The molecule has 3 rings (SSSR count). The Bertz CT molecular complexity index is 946. The molecule has 1 aromatic carbocycles. The zero-order valence-corrected chi connectivity index (χ0v) is 16.8. The minimum Gasteiger partial charge on any atom is -0.298 e. The van der Waals surface area contributed by atoms with Crippen molar-refractivity contribution in [1.82, 2.24) is 9.97 Å². The van der Waals surface area contributed by atoms with Gasteiger partial charge in [-0.2, -0.15) is 0 Å². The Morgan fingerprint density at radius 2 is 1.85 bits per heavy atom. The minimum absolute atomic E-state index is 0.105. The van der Waals surface area contributed by atoms with Gasteiger partial charge in [0.25, 0.3) is 5.91 Å². The first-order valence-corrected chi connectivity index (χ1v) is 9.56. The lowest BCUT2D eigenvalue weighted by Crippen LogP contribution is -2.12. The summed E-state index contributed by atoms with van der Waals surface area (Å²) in [5.41, 5.74) is 3.51. The third kappa shape index (κ3) is 4.23. The molecule has 0 radical (unpaired) electrons. The molecule has 0 spiro atoms. The molecule has 2 aromatic heterocycles. The van der Waals surface area contributed by atoms with E-state index in [1.165, 1.54) is 29.2 Å². The first-order chi connectivity index (χ1) is 12.2. The Morgan fingerprint density at radius 1 is 1.15 bits per heavy atom. The Labute approximate surface area is 166 Å². The second-order valence-corrected chi connectivity index (χ2v) is 8.44. The van der Waals surface area contributed by atoms with Crippen LogP contribution in [-0.4, -0.2) is 15.9 Å². The molecule has 26 heavy (non-hydrogen) atoms. The number of rotatable bonds is 3. The Balaban J connectivity index is 1.75. The molecule has 0 unspecified atom stereocenters. The van der Waals surface area contributed by atoms with Crippen molar-refractivity contribution in [3.05, 3.63) is 63.2 Å². The van der Waals surface area contributed by atoms with Crippen LogP contribution in [-0.2, 0) is 5.41 Å². The summed E-state index contributed by atoms with van der Waals surface area (Å²) in [5.74, 6) is -0.333. The lowest BCUT2D eigenvalue weighted by atomic mass is 9.86. The lowest BCUT2D eigenvalue weighted by Gasteiger charge is -2.18. The lowest BCUT2D eigenvalue weighted by molar-refractivity contribution is 0.102. The van der Waals surface area contributed by atoms with E-state index < -0.39 is 0 Å². The highest BCUT2D eigenvalue weighted by Gasteiger charge is 2.15. The van der Waals surface area contributed by atoms with Crippen LogP contribution < -0.4 is 5.32 Å². The summed E-state index contributed by atoms with van der Waals surface area (Å²) in [4.78, 5) is 20.7. The SMILES string of the molecule is CC(C)(C)c1ccc(-c2csc(NC(=O)c3cnc(Cl)c(Cl)c3)n2)cc1. The molecule has 1 amide bonds. The van der Waals surface area contributed by atoms with Gasteiger partial charge in [0, 0.05) is 17.1 Å². The molecule has 0 bridgehead atoms. The van der Waals surface area contributed by atoms with Crippen molar-refractivity contribution in [2.24, 2.45) is 0 Å². The van der Waals surface area contributed by atoms with Crippen LogP contribution in [0.25, 0.3) is 11.3 Å². The van der Waals surface area contributed by atoms with Crippen molar-refractivity contribution in [3.63, 3.8) is 0 Å².